The number of alkyl halides is 6. The number of hydrogen-bond acceptors (Lipinski definition) is 4. The number of benzene rings is 1. The Bertz CT molecular complexity index is 1160. The molecule has 0 aliphatic heterocycles. The first-order chi connectivity index (χ1) is 14.1. The van der Waals surface area contributed by atoms with Gasteiger partial charge in [-0.25, -0.2) is 14.3 Å². The Kier molecular flexibility index (Phi) is 4.56. The molecule has 30 heavy (non-hydrogen) atoms. The van der Waals surface area contributed by atoms with Crippen molar-refractivity contribution in [1.82, 2.24) is 29.8 Å². The Hall–Kier alpha value is -3.70. The predicted molar refractivity (Wildman–Crippen MR) is 91.7 cm³/mol. The molecule has 3 heterocycles. The molecule has 1 aromatic carbocycles. The second-order valence-electron chi connectivity index (χ2n) is 6.11. The summed E-state index contributed by atoms with van der Waals surface area (Å²) in [5.74, 6) is 0.513. The van der Waals surface area contributed by atoms with E-state index in [-0.39, 0.29) is 16.4 Å². The minimum atomic E-state index is -5.01. The van der Waals surface area contributed by atoms with Crippen molar-refractivity contribution >= 4 is 0 Å². The van der Waals surface area contributed by atoms with Crippen LogP contribution in [-0.4, -0.2) is 29.8 Å². The molecule has 0 aliphatic rings. The zero-order valence-electron chi connectivity index (χ0n) is 14.7. The third-order valence-electron chi connectivity index (χ3n) is 4.08. The van der Waals surface area contributed by atoms with E-state index in [0.29, 0.717) is 17.1 Å². The smallest absolute Gasteiger partial charge is 0.237 e. The van der Waals surface area contributed by atoms with Crippen LogP contribution in [0, 0.1) is 0 Å². The molecule has 0 N–H and O–H groups in total. The number of nitrogens with zero attached hydrogens (tertiary/aromatic N) is 6. The monoisotopic (exact) mass is 424 g/mol. The number of rotatable bonds is 3. The van der Waals surface area contributed by atoms with Gasteiger partial charge in [0.2, 0.25) is 0 Å². The molecule has 6 nitrogen and oxygen atoms in total. The molecule has 4 rings (SSSR count). The largest absolute Gasteiger partial charge is 0.435 e. The van der Waals surface area contributed by atoms with Gasteiger partial charge >= 0.3 is 12.4 Å². The third kappa shape index (κ3) is 3.75. The average molecular weight is 424 g/mol. The molecule has 0 unspecified atom stereocenters. The summed E-state index contributed by atoms with van der Waals surface area (Å²) in [7, 11) is 0. The molecular formula is C18H10F6N6. The Labute approximate surface area is 164 Å². The molecule has 12 heteroatoms. The van der Waals surface area contributed by atoms with E-state index in [4.69, 9.17) is 0 Å². The molecule has 0 saturated heterocycles. The zero-order valence-corrected chi connectivity index (χ0v) is 14.7. The van der Waals surface area contributed by atoms with Gasteiger partial charge in [0.1, 0.15) is 11.4 Å². The van der Waals surface area contributed by atoms with E-state index < -0.39 is 23.7 Å². The highest BCUT2D eigenvalue weighted by atomic mass is 19.4. The summed E-state index contributed by atoms with van der Waals surface area (Å²) in [6.45, 7) is 0. The van der Waals surface area contributed by atoms with Crippen LogP contribution in [0.1, 0.15) is 11.4 Å². The van der Waals surface area contributed by atoms with Crippen molar-refractivity contribution < 1.29 is 26.3 Å². The lowest BCUT2D eigenvalue weighted by atomic mass is 10.1. The van der Waals surface area contributed by atoms with Crippen molar-refractivity contribution in [3.63, 3.8) is 0 Å². The highest BCUT2D eigenvalue weighted by Gasteiger charge is 2.42. The maximum absolute atomic E-state index is 13.2. The normalized spacial score (nSPS) is 12.3. The predicted octanol–water partition coefficient (Wildman–Crippen LogP) is 4.55. The molecule has 0 saturated carbocycles. The van der Waals surface area contributed by atoms with Crippen molar-refractivity contribution in [3.8, 4) is 22.8 Å². The lowest BCUT2D eigenvalue weighted by molar-refractivity contribution is -0.143. The Morgan fingerprint density at radius 2 is 1.57 bits per heavy atom. The molecule has 154 valence electrons. The van der Waals surface area contributed by atoms with E-state index in [0.717, 1.165) is 0 Å². The van der Waals surface area contributed by atoms with Crippen molar-refractivity contribution in [2.24, 2.45) is 0 Å². The van der Waals surface area contributed by atoms with Crippen LogP contribution in [0.2, 0.25) is 0 Å². The molecule has 3 aromatic heterocycles. The van der Waals surface area contributed by atoms with E-state index in [2.05, 4.69) is 20.4 Å². The van der Waals surface area contributed by atoms with Crippen LogP contribution in [0.3, 0.4) is 0 Å². The standard InChI is InChI=1S/C18H10F6N6/c19-17(20,21)14-9-15(18(22,23)24)30(27-14)12-6-4-11(5-7-12)13-10-29(28-26-13)16-3-1-2-8-25-16/h1-10H. The number of hydrogen-bond donors (Lipinski definition) is 0. The molecule has 4 aromatic rings. The molecule has 0 radical (unpaired) electrons. The van der Waals surface area contributed by atoms with E-state index in [1.54, 1.807) is 30.6 Å². The van der Waals surface area contributed by atoms with E-state index >= 15 is 0 Å². The molecule has 0 fully saturated rings. The van der Waals surface area contributed by atoms with Crippen LogP contribution < -0.4 is 0 Å². The second-order valence-corrected chi connectivity index (χ2v) is 6.11. The lowest BCUT2D eigenvalue weighted by Gasteiger charge is -2.10. The van der Waals surface area contributed by atoms with Crippen molar-refractivity contribution in [1.29, 1.82) is 0 Å². The third-order valence-corrected chi connectivity index (χ3v) is 4.08. The quantitative estimate of drug-likeness (QED) is 0.453. The zero-order chi connectivity index (χ0) is 21.5. The van der Waals surface area contributed by atoms with Gasteiger partial charge in [-0.3, -0.25) is 0 Å². The first-order valence-corrected chi connectivity index (χ1v) is 8.32. The van der Waals surface area contributed by atoms with Crippen LogP contribution in [0.5, 0.6) is 0 Å². The molecule has 0 spiro atoms. The van der Waals surface area contributed by atoms with Crippen molar-refractivity contribution in [2.75, 3.05) is 0 Å². The minimum Gasteiger partial charge on any atom is -0.237 e. The van der Waals surface area contributed by atoms with Gasteiger partial charge in [0.15, 0.2) is 11.5 Å². The number of pyridine rings is 1. The van der Waals surface area contributed by atoms with E-state index in [1.807, 2.05) is 0 Å². The fourth-order valence-electron chi connectivity index (χ4n) is 2.69. The molecular weight excluding hydrogens is 414 g/mol. The molecule has 0 atom stereocenters. The first-order valence-electron chi connectivity index (χ1n) is 8.32. The Morgan fingerprint density at radius 1 is 0.833 bits per heavy atom. The summed E-state index contributed by atoms with van der Waals surface area (Å²) < 4.78 is 79.7. The summed E-state index contributed by atoms with van der Waals surface area (Å²) in [5.41, 5.74) is -2.43. The molecule has 0 aliphatic carbocycles. The van der Waals surface area contributed by atoms with Gasteiger partial charge in [-0.05, 0) is 24.3 Å². The SMILES string of the molecule is FC(F)(F)c1cc(C(F)(F)F)n(-c2ccc(-c3cn(-c4ccccn4)nn3)cc2)n1. The van der Waals surface area contributed by atoms with Crippen molar-refractivity contribution in [3.05, 3.63) is 72.3 Å². The first kappa shape index (κ1) is 19.6. The molecule has 0 amide bonds. The minimum absolute atomic E-state index is 0.0215. The fraction of sp³-hybridized carbons (Fsp3) is 0.111. The topological polar surface area (TPSA) is 61.4 Å². The van der Waals surface area contributed by atoms with Gasteiger partial charge in [0, 0.05) is 17.8 Å². The van der Waals surface area contributed by atoms with Gasteiger partial charge in [-0.2, -0.15) is 31.4 Å². The number of halogens is 6. The van der Waals surface area contributed by atoms with Crippen LogP contribution in [0.4, 0.5) is 26.3 Å². The van der Waals surface area contributed by atoms with Gasteiger partial charge < -0.3 is 0 Å². The molecule has 0 bridgehead atoms. The average Bonchev–Trinajstić information content (AvgIpc) is 3.36. The fourth-order valence-corrected chi connectivity index (χ4v) is 2.69. The van der Waals surface area contributed by atoms with Crippen molar-refractivity contribution in [2.45, 2.75) is 12.4 Å². The maximum Gasteiger partial charge on any atom is 0.435 e. The van der Waals surface area contributed by atoms with Gasteiger partial charge in [0.05, 0.1) is 11.9 Å². The Morgan fingerprint density at radius 3 is 2.17 bits per heavy atom. The summed E-state index contributed by atoms with van der Waals surface area (Å²) in [6, 6.07) is 10.4. The van der Waals surface area contributed by atoms with Crippen LogP contribution in [0.15, 0.2) is 60.9 Å². The maximum atomic E-state index is 13.2. The highest BCUT2D eigenvalue weighted by molar-refractivity contribution is 5.60. The summed E-state index contributed by atoms with van der Waals surface area (Å²) >= 11 is 0. The number of aromatic nitrogens is 6. The second kappa shape index (κ2) is 6.97. The summed E-state index contributed by atoms with van der Waals surface area (Å²) in [4.78, 5) is 4.12. The van der Waals surface area contributed by atoms with Gasteiger partial charge in [-0.1, -0.05) is 23.4 Å². The van der Waals surface area contributed by atoms with Crippen LogP contribution >= 0.6 is 0 Å². The van der Waals surface area contributed by atoms with Crippen LogP contribution in [0.25, 0.3) is 22.8 Å². The van der Waals surface area contributed by atoms with E-state index in [9.17, 15) is 26.3 Å². The summed E-state index contributed by atoms with van der Waals surface area (Å²) in [5, 5.41) is 11.0. The summed E-state index contributed by atoms with van der Waals surface area (Å²) in [6.07, 6.45) is -6.88. The lowest BCUT2D eigenvalue weighted by Crippen LogP contribution is -2.13. The highest BCUT2D eigenvalue weighted by Crippen LogP contribution is 2.36. The van der Waals surface area contributed by atoms with Gasteiger partial charge in [-0.15, -0.1) is 5.10 Å². The van der Waals surface area contributed by atoms with E-state index in [1.165, 1.54) is 28.9 Å². The Balaban J connectivity index is 1.68. The van der Waals surface area contributed by atoms with Gasteiger partial charge in [0.25, 0.3) is 0 Å². The van der Waals surface area contributed by atoms with Crippen LogP contribution in [-0.2, 0) is 12.4 Å².